The van der Waals surface area contributed by atoms with Crippen molar-refractivity contribution in [3.05, 3.63) is 47.0 Å². The zero-order valence-corrected chi connectivity index (χ0v) is 16.5. The summed E-state index contributed by atoms with van der Waals surface area (Å²) in [6.07, 6.45) is 1.83. The monoisotopic (exact) mass is 375 g/mol. The molecule has 0 N–H and O–H groups in total. The van der Waals surface area contributed by atoms with Gasteiger partial charge in [-0.25, -0.2) is 4.79 Å². The van der Waals surface area contributed by atoms with Gasteiger partial charge in [-0.1, -0.05) is 45.3 Å². The summed E-state index contributed by atoms with van der Waals surface area (Å²) < 4.78 is 4.76. The lowest BCUT2D eigenvalue weighted by Gasteiger charge is -2.10. The Bertz CT molecular complexity index is 762. The van der Waals surface area contributed by atoms with Crippen molar-refractivity contribution in [2.75, 3.05) is 21.3 Å². The van der Waals surface area contributed by atoms with Gasteiger partial charge in [0.25, 0.3) is 0 Å². The van der Waals surface area contributed by atoms with Crippen LogP contribution >= 0.6 is 0 Å². The third-order valence-corrected chi connectivity index (χ3v) is 3.24. The Morgan fingerprint density at radius 3 is 2.26 bits per heavy atom. The maximum atomic E-state index is 12.0. The van der Waals surface area contributed by atoms with Crippen LogP contribution in [0.25, 0.3) is 0 Å². The molecule has 0 saturated carbocycles. The average Bonchev–Trinajstić information content (AvgIpc) is 2.65. The Labute approximate surface area is 159 Å². The van der Waals surface area contributed by atoms with Crippen molar-refractivity contribution in [1.29, 1.82) is 0 Å². The standard InChI is InChI=1S/C19H25N3O5/c1-13(2)11-17(21-25-5)14(3)20-27-12-15-9-7-8-10-16(15)18(22-26-6)19(23)24-4/h7-11H,12H2,1-6H3. The highest BCUT2D eigenvalue weighted by Gasteiger charge is 2.19. The second kappa shape index (κ2) is 11.5. The number of carbonyl (C=O) groups excluding carboxylic acids is 1. The molecule has 8 heteroatoms. The van der Waals surface area contributed by atoms with Crippen LogP contribution in [0.15, 0.2) is 51.4 Å². The molecule has 0 heterocycles. The smallest absolute Gasteiger partial charge is 0.360 e. The summed E-state index contributed by atoms with van der Waals surface area (Å²) in [6.45, 7) is 5.76. The van der Waals surface area contributed by atoms with Gasteiger partial charge in [-0.05, 0) is 26.8 Å². The van der Waals surface area contributed by atoms with Gasteiger partial charge in [0.2, 0.25) is 0 Å². The maximum absolute atomic E-state index is 12.0. The molecular formula is C19H25N3O5. The SMILES string of the molecule is CON=C(C=C(C)C)C(C)=NOCc1ccccc1C(=NOC)C(=O)OC. The minimum atomic E-state index is -0.609. The van der Waals surface area contributed by atoms with Gasteiger partial charge in [0.15, 0.2) is 5.71 Å². The zero-order valence-electron chi connectivity index (χ0n) is 16.5. The summed E-state index contributed by atoms with van der Waals surface area (Å²) in [5.41, 5.74) is 3.43. The Morgan fingerprint density at radius 1 is 1.00 bits per heavy atom. The van der Waals surface area contributed by atoms with E-state index in [1.807, 2.05) is 26.0 Å². The van der Waals surface area contributed by atoms with Crippen LogP contribution in [0.5, 0.6) is 0 Å². The Hall–Kier alpha value is -3.16. The molecule has 0 aliphatic heterocycles. The highest BCUT2D eigenvalue weighted by Crippen LogP contribution is 2.13. The van der Waals surface area contributed by atoms with E-state index in [1.54, 1.807) is 25.1 Å². The van der Waals surface area contributed by atoms with E-state index < -0.39 is 5.97 Å². The summed E-state index contributed by atoms with van der Waals surface area (Å²) in [5.74, 6) is -0.609. The second-order valence-electron chi connectivity index (χ2n) is 5.60. The van der Waals surface area contributed by atoms with Crippen molar-refractivity contribution < 1.29 is 24.0 Å². The normalized spacial score (nSPS) is 12.3. The van der Waals surface area contributed by atoms with Gasteiger partial charge in [0.05, 0.1) is 7.11 Å². The quantitative estimate of drug-likeness (QED) is 0.376. The highest BCUT2D eigenvalue weighted by atomic mass is 16.6. The highest BCUT2D eigenvalue weighted by molar-refractivity contribution is 6.45. The Morgan fingerprint density at radius 2 is 1.67 bits per heavy atom. The molecule has 0 bridgehead atoms. The molecule has 0 atom stereocenters. The summed E-state index contributed by atoms with van der Waals surface area (Å²) in [5, 5.41) is 11.8. The fraction of sp³-hybridized carbons (Fsp3) is 0.368. The van der Waals surface area contributed by atoms with Gasteiger partial charge in [-0.3, -0.25) is 0 Å². The summed E-state index contributed by atoms with van der Waals surface area (Å²) in [6, 6.07) is 7.13. The molecule has 1 rings (SSSR count). The first kappa shape index (κ1) is 21.9. The summed E-state index contributed by atoms with van der Waals surface area (Å²) in [7, 11) is 4.10. The van der Waals surface area contributed by atoms with Crippen LogP contribution in [0.3, 0.4) is 0 Å². The predicted molar refractivity (Wildman–Crippen MR) is 104 cm³/mol. The van der Waals surface area contributed by atoms with Crippen molar-refractivity contribution in [1.82, 2.24) is 0 Å². The number of nitrogens with zero attached hydrogens (tertiary/aromatic N) is 3. The molecule has 0 saturated heterocycles. The van der Waals surface area contributed by atoms with E-state index >= 15 is 0 Å². The number of hydrogen-bond acceptors (Lipinski definition) is 8. The first-order chi connectivity index (χ1) is 12.9. The van der Waals surface area contributed by atoms with E-state index in [-0.39, 0.29) is 12.3 Å². The topological polar surface area (TPSA) is 91.1 Å². The molecule has 0 fully saturated rings. The van der Waals surface area contributed by atoms with E-state index in [0.717, 1.165) is 5.57 Å². The molecule has 146 valence electrons. The van der Waals surface area contributed by atoms with Gasteiger partial charge in [-0.2, -0.15) is 0 Å². The molecule has 8 nitrogen and oxygen atoms in total. The van der Waals surface area contributed by atoms with Crippen LogP contribution < -0.4 is 0 Å². The Kier molecular flexibility index (Phi) is 9.28. The third kappa shape index (κ3) is 6.93. The number of benzene rings is 1. The van der Waals surface area contributed by atoms with Gasteiger partial charge in [0.1, 0.15) is 32.2 Å². The van der Waals surface area contributed by atoms with Crippen LogP contribution in [0, 0.1) is 0 Å². The van der Waals surface area contributed by atoms with E-state index in [0.29, 0.717) is 22.6 Å². The lowest BCUT2D eigenvalue weighted by molar-refractivity contribution is -0.132. The number of ether oxygens (including phenoxy) is 1. The molecule has 0 aliphatic carbocycles. The number of esters is 1. The maximum Gasteiger partial charge on any atom is 0.360 e. The molecule has 0 radical (unpaired) electrons. The third-order valence-electron chi connectivity index (χ3n) is 3.24. The largest absolute Gasteiger partial charge is 0.464 e. The van der Waals surface area contributed by atoms with Crippen molar-refractivity contribution >= 4 is 23.1 Å². The lowest BCUT2D eigenvalue weighted by Crippen LogP contribution is -2.19. The molecular weight excluding hydrogens is 350 g/mol. The fourth-order valence-corrected chi connectivity index (χ4v) is 2.08. The molecule has 0 unspecified atom stereocenters. The second-order valence-corrected chi connectivity index (χ2v) is 5.60. The number of oxime groups is 3. The molecule has 0 aromatic heterocycles. The molecule has 0 aliphatic rings. The van der Waals surface area contributed by atoms with Crippen molar-refractivity contribution in [2.45, 2.75) is 27.4 Å². The van der Waals surface area contributed by atoms with E-state index in [2.05, 4.69) is 15.5 Å². The van der Waals surface area contributed by atoms with Gasteiger partial charge < -0.3 is 19.2 Å². The Balaban J connectivity index is 3.04. The van der Waals surface area contributed by atoms with Crippen molar-refractivity contribution in [3.8, 4) is 0 Å². The lowest BCUT2D eigenvalue weighted by atomic mass is 10.0. The van der Waals surface area contributed by atoms with Crippen molar-refractivity contribution in [2.24, 2.45) is 15.5 Å². The van der Waals surface area contributed by atoms with E-state index in [4.69, 9.17) is 19.2 Å². The average molecular weight is 375 g/mol. The number of allylic oxidation sites excluding steroid dienone is 2. The van der Waals surface area contributed by atoms with Gasteiger partial charge >= 0.3 is 5.97 Å². The van der Waals surface area contributed by atoms with Gasteiger partial charge in [-0.15, -0.1) is 0 Å². The minimum Gasteiger partial charge on any atom is -0.464 e. The molecule has 0 spiro atoms. The molecule has 1 aromatic rings. The summed E-state index contributed by atoms with van der Waals surface area (Å²) in [4.78, 5) is 27.0. The number of rotatable bonds is 9. The zero-order chi connectivity index (χ0) is 20.2. The summed E-state index contributed by atoms with van der Waals surface area (Å²) >= 11 is 0. The first-order valence-electron chi connectivity index (χ1n) is 8.15. The number of carbonyl (C=O) groups is 1. The minimum absolute atomic E-state index is 0.0473. The fourth-order valence-electron chi connectivity index (χ4n) is 2.08. The van der Waals surface area contributed by atoms with E-state index in [9.17, 15) is 4.79 Å². The van der Waals surface area contributed by atoms with Crippen LogP contribution in [0.4, 0.5) is 0 Å². The van der Waals surface area contributed by atoms with Crippen LogP contribution in [0.2, 0.25) is 0 Å². The van der Waals surface area contributed by atoms with Crippen molar-refractivity contribution in [3.63, 3.8) is 0 Å². The van der Waals surface area contributed by atoms with Crippen LogP contribution in [0.1, 0.15) is 31.9 Å². The molecule has 27 heavy (non-hydrogen) atoms. The van der Waals surface area contributed by atoms with Gasteiger partial charge in [0, 0.05) is 11.1 Å². The first-order valence-corrected chi connectivity index (χ1v) is 8.15. The number of methoxy groups -OCH3 is 1. The predicted octanol–water partition coefficient (Wildman–Crippen LogP) is 3.07. The van der Waals surface area contributed by atoms with E-state index in [1.165, 1.54) is 21.3 Å². The van der Waals surface area contributed by atoms with Crippen LogP contribution in [-0.4, -0.2) is 44.4 Å². The molecule has 1 aromatic carbocycles. The van der Waals surface area contributed by atoms with Crippen LogP contribution in [-0.2, 0) is 30.7 Å². The number of hydrogen-bond donors (Lipinski definition) is 0. The molecule has 0 amide bonds.